The third-order valence-corrected chi connectivity index (χ3v) is 12.8. The Balaban J connectivity index is 0.000000139. The lowest BCUT2D eigenvalue weighted by molar-refractivity contribution is -0.256. The van der Waals surface area contributed by atoms with Crippen molar-refractivity contribution in [1.82, 2.24) is 0 Å². The van der Waals surface area contributed by atoms with Gasteiger partial charge >= 0.3 is 12.4 Å². The summed E-state index contributed by atoms with van der Waals surface area (Å²) in [6, 6.07) is 28.7. The van der Waals surface area contributed by atoms with E-state index in [-0.39, 0.29) is 67.4 Å². The lowest BCUT2D eigenvalue weighted by Gasteiger charge is -2.14. The maximum atomic E-state index is 14.1. The number of carbonyl (C=O) groups excluding carboxylic acids is 3. The summed E-state index contributed by atoms with van der Waals surface area (Å²) in [5, 5.41) is 34.5. The maximum absolute atomic E-state index is 14.1. The Labute approximate surface area is 396 Å². The molecule has 0 amide bonds. The second kappa shape index (κ2) is 18.3. The highest BCUT2D eigenvalue weighted by Gasteiger charge is 2.40. The molecule has 0 aliphatic heterocycles. The van der Waals surface area contributed by atoms with Crippen LogP contribution in [0.4, 0.5) is 30.7 Å². The number of alkyl halides is 6. The number of benzene rings is 7. The van der Waals surface area contributed by atoms with E-state index in [2.05, 4.69) is 0 Å². The van der Waals surface area contributed by atoms with Gasteiger partial charge in [-0.25, -0.2) is 4.39 Å². The monoisotopic (exact) mass is 989 g/mol. The van der Waals surface area contributed by atoms with Gasteiger partial charge in [-0.15, -0.1) is 0 Å². The van der Waals surface area contributed by atoms with E-state index in [1.165, 1.54) is 24.3 Å². The Bertz CT molecular complexity index is 3220. The van der Waals surface area contributed by atoms with Gasteiger partial charge in [0.2, 0.25) is 0 Å². The summed E-state index contributed by atoms with van der Waals surface area (Å²) < 4.78 is 99.1. The number of hydrogen-bond donors (Lipinski definition) is 0. The zero-order valence-corrected chi connectivity index (χ0v) is 36.7. The molecule has 0 aromatic heterocycles. The van der Waals surface area contributed by atoms with Crippen LogP contribution in [0.2, 0.25) is 15.1 Å². The standard InChI is InChI=1S/C21H15ClO3.C15H7ClF4O2.C15H8ClF3O2/c22-18-9-10-19(25-12-13-5-2-1-3-6-13)20-14-7-4-8-15(21(23)24)16(14)11-17(18)20;16-10-3-2-9(15(18,19)20)12-8(10)5-7-6(14(21)22)1-4-11(17)13(7)12;16-12-5-4-11(15(17,18)19)13-7-2-1-3-8(14(20)21)9(7)6-10(12)13/h1-10H,11-12H2,(H,23,24);1-4H,5H2,(H,21,22);1-5H,6H2,(H,20,21)/p-3. The van der Waals surface area contributed by atoms with Crippen molar-refractivity contribution in [3.05, 3.63) is 203 Å². The molecule has 0 unspecified atom stereocenters. The zero-order valence-electron chi connectivity index (χ0n) is 34.4. The van der Waals surface area contributed by atoms with E-state index in [1.54, 1.807) is 18.2 Å². The van der Waals surface area contributed by atoms with Crippen molar-refractivity contribution in [2.75, 3.05) is 0 Å². The number of ether oxygens (including phenoxy) is 1. The number of aromatic carboxylic acids is 3. The van der Waals surface area contributed by atoms with Gasteiger partial charge in [-0.2, -0.15) is 26.3 Å². The van der Waals surface area contributed by atoms with Crippen LogP contribution in [0, 0.1) is 5.82 Å². The van der Waals surface area contributed by atoms with Gasteiger partial charge in [0.05, 0.1) is 29.0 Å². The summed E-state index contributed by atoms with van der Waals surface area (Å²) in [5.41, 5.74) is 2.42. The van der Waals surface area contributed by atoms with Gasteiger partial charge in [0, 0.05) is 67.7 Å². The summed E-state index contributed by atoms with van der Waals surface area (Å²) >= 11 is 18.3. The van der Waals surface area contributed by atoms with Crippen LogP contribution < -0.4 is 20.1 Å². The maximum Gasteiger partial charge on any atom is 0.417 e. The number of rotatable bonds is 6. The smallest absolute Gasteiger partial charge is 0.417 e. The number of carboxylic acid groups (broad SMARTS) is 3. The molecule has 7 nitrogen and oxygen atoms in total. The molecule has 346 valence electrons. The Morgan fingerprint density at radius 2 is 0.912 bits per heavy atom. The molecular formula is C51H27Cl3F7O7-3. The van der Waals surface area contributed by atoms with E-state index in [0.717, 1.165) is 58.1 Å². The molecule has 0 fully saturated rings. The fraction of sp³-hybridized carbons (Fsp3) is 0.118. The molecule has 0 bridgehead atoms. The predicted molar refractivity (Wildman–Crippen MR) is 233 cm³/mol. The average molecular weight is 991 g/mol. The van der Waals surface area contributed by atoms with Crippen molar-refractivity contribution in [2.45, 2.75) is 38.2 Å². The number of carboxylic acids is 3. The van der Waals surface area contributed by atoms with Crippen LogP contribution in [-0.2, 0) is 38.2 Å². The predicted octanol–water partition coefficient (Wildman–Crippen LogP) is 10.6. The molecule has 0 saturated heterocycles. The summed E-state index contributed by atoms with van der Waals surface area (Å²) in [6.07, 6.45) is -8.91. The Morgan fingerprint density at radius 1 is 0.471 bits per heavy atom. The Kier molecular flexibility index (Phi) is 12.8. The van der Waals surface area contributed by atoms with Crippen molar-refractivity contribution >= 4 is 52.7 Å². The van der Waals surface area contributed by atoms with E-state index in [0.29, 0.717) is 34.9 Å². The second-order valence-electron chi connectivity index (χ2n) is 15.6. The molecule has 0 atom stereocenters. The van der Waals surface area contributed by atoms with Crippen molar-refractivity contribution in [1.29, 1.82) is 0 Å². The number of halogens is 10. The summed E-state index contributed by atoms with van der Waals surface area (Å²) in [7, 11) is 0. The average Bonchev–Trinajstić information content (AvgIpc) is 4.01. The molecule has 0 radical (unpaired) electrons. The first kappa shape index (κ1) is 47.6. The lowest BCUT2D eigenvalue weighted by atomic mass is 9.97. The Hall–Kier alpha value is -6.87. The first-order valence-electron chi connectivity index (χ1n) is 20.1. The normalized spacial score (nSPS) is 12.5. The number of carbonyl (C=O) groups is 3. The summed E-state index contributed by atoms with van der Waals surface area (Å²) in [6.45, 7) is 0.435. The van der Waals surface area contributed by atoms with Gasteiger partial charge in [0.1, 0.15) is 18.2 Å². The molecular weight excluding hydrogens is 964 g/mol. The molecule has 10 rings (SSSR count). The van der Waals surface area contributed by atoms with E-state index >= 15 is 0 Å². The first-order valence-corrected chi connectivity index (χ1v) is 21.3. The highest BCUT2D eigenvalue weighted by molar-refractivity contribution is 6.33. The van der Waals surface area contributed by atoms with Crippen LogP contribution in [0.25, 0.3) is 33.4 Å². The first-order chi connectivity index (χ1) is 32.2. The second-order valence-corrected chi connectivity index (χ2v) is 16.8. The SMILES string of the molecule is O=C([O-])c1ccc(F)c2c1Cc1c(Cl)ccc(C(F)(F)F)c1-2.O=C([O-])c1cccc2c1Cc1c(Cl)ccc(C(F)(F)F)c1-2.O=C([O-])c1cccc2c1Cc1c(Cl)ccc(OCc3ccccc3)c1-2. The summed E-state index contributed by atoms with van der Waals surface area (Å²) in [4.78, 5) is 33.6. The van der Waals surface area contributed by atoms with E-state index in [4.69, 9.17) is 39.5 Å². The van der Waals surface area contributed by atoms with Crippen molar-refractivity contribution in [3.8, 4) is 39.1 Å². The van der Waals surface area contributed by atoms with Crippen LogP contribution in [0.1, 0.15) is 81.1 Å². The molecule has 68 heavy (non-hydrogen) atoms. The van der Waals surface area contributed by atoms with Crippen LogP contribution in [0.3, 0.4) is 0 Å². The minimum atomic E-state index is -4.71. The van der Waals surface area contributed by atoms with E-state index in [9.17, 15) is 60.4 Å². The molecule has 3 aliphatic rings. The third kappa shape index (κ3) is 8.86. The van der Waals surface area contributed by atoms with Gasteiger partial charge in [-0.05, 0) is 104 Å². The van der Waals surface area contributed by atoms with Crippen molar-refractivity contribution in [3.63, 3.8) is 0 Å². The van der Waals surface area contributed by atoms with Gasteiger partial charge < -0.3 is 34.4 Å². The minimum Gasteiger partial charge on any atom is -0.545 e. The van der Waals surface area contributed by atoms with Gasteiger partial charge in [0.25, 0.3) is 0 Å². The Morgan fingerprint density at radius 3 is 1.43 bits per heavy atom. The molecule has 17 heteroatoms. The largest absolute Gasteiger partial charge is 0.545 e. The molecule has 0 spiro atoms. The molecule has 3 aliphatic carbocycles. The molecule has 7 aromatic carbocycles. The van der Waals surface area contributed by atoms with Crippen molar-refractivity contribution in [2.24, 2.45) is 0 Å². The highest BCUT2D eigenvalue weighted by atomic mass is 35.5. The topological polar surface area (TPSA) is 130 Å². The van der Waals surface area contributed by atoms with Crippen LogP contribution in [-0.4, -0.2) is 17.9 Å². The van der Waals surface area contributed by atoms with Crippen LogP contribution >= 0.6 is 34.8 Å². The minimum absolute atomic E-state index is 0.0305. The van der Waals surface area contributed by atoms with E-state index < -0.39 is 52.8 Å². The lowest BCUT2D eigenvalue weighted by Crippen LogP contribution is -2.23. The molecule has 0 heterocycles. The molecule has 0 saturated carbocycles. The molecule has 7 aromatic rings. The fourth-order valence-corrected chi connectivity index (χ4v) is 9.45. The van der Waals surface area contributed by atoms with Gasteiger partial charge in [-0.3, -0.25) is 0 Å². The van der Waals surface area contributed by atoms with Gasteiger partial charge in [0.15, 0.2) is 0 Å². The fourth-order valence-electron chi connectivity index (χ4n) is 8.78. The number of fused-ring (bicyclic) bond motifs is 9. The van der Waals surface area contributed by atoms with E-state index in [1.807, 2.05) is 42.5 Å². The zero-order chi connectivity index (χ0) is 49.0. The van der Waals surface area contributed by atoms with Crippen LogP contribution in [0.15, 0.2) is 115 Å². The van der Waals surface area contributed by atoms with Crippen molar-refractivity contribution < 1.29 is 65.2 Å². The summed E-state index contributed by atoms with van der Waals surface area (Å²) in [5.74, 6) is -4.38. The highest BCUT2D eigenvalue weighted by Crippen LogP contribution is 2.51. The van der Waals surface area contributed by atoms with Crippen LogP contribution in [0.5, 0.6) is 5.75 Å². The quantitative estimate of drug-likeness (QED) is 0.152. The third-order valence-electron chi connectivity index (χ3n) is 11.7. The number of hydrogen-bond acceptors (Lipinski definition) is 7. The molecule has 0 N–H and O–H groups in total. The van der Waals surface area contributed by atoms with Gasteiger partial charge in [-0.1, -0.05) is 102 Å².